The van der Waals surface area contributed by atoms with Gasteiger partial charge in [-0.05, 0) is 37.1 Å². The fourth-order valence-electron chi connectivity index (χ4n) is 3.78. The highest BCUT2D eigenvalue weighted by Crippen LogP contribution is 2.20. The molecule has 1 aliphatic rings. The Morgan fingerprint density at radius 2 is 1.48 bits per heavy atom. The first-order valence-electron chi connectivity index (χ1n) is 11.1. The Balaban J connectivity index is 1.28. The molecule has 3 aromatic rings. The second-order valence-electron chi connectivity index (χ2n) is 7.87. The fourth-order valence-corrected chi connectivity index (χ4v) is 4.46. The Hall–Kier alpha value is -3.39. The Labute approximate surface area is 197 Å². The number of ether oxygens (including phenoxy) is 2. The molecule has 1 aromatic heterocycles. The molecule has 2 aromatic carbocycles. The summed E-state index contributed by atoms with van der Waals surface area (Å²) in [6.45, 7) is 0.253. The van der Waals surface area contributed by atoms with E-state index in [1.807, 2.05) is 60.7 Å². The van der Waals surface area contributed by atoms with Crippen LogP contribution in [0.3, 0.4) is 0 Å². The van der Waals surface area contributed by atoms with Gasteiger partial charge in [-0.1, -0.05) is 49.2 Å². The number of nitrogens with one attached hydrogen (secondary N) is 2. The third kappa shape index (κ3) is 6.79. The molecule has 172 valence electrons. The maximum atomic E-state index is 12.8. The lowest BCUT2D eigenvalue weighted by molar-refractivity contribution is -0.124. The van der Waals surface area contributed by atoms with Crippen LogP contribution >= 0.6 is 11.3 Å². The van der Waals surface area contributed by atoms with Crippen molar-refractivity contribution in [1.82, 2.24) is 15.6 Å². The summed E-state index contributed by atoms with van der Waals surface area (Å²) >= 11 is 1.39. The Morgan fingerprint density at radius 1 is 0.879 bits per heavy atom. The van der Waals surface area contributed by atoms with Crippen LogP contribution in [0, 0.1) is 0 Å². The molecule has 2 atom stereocenters. The van der Waals surface area contributed by atoms with Gasteiger partial charge in [0.1, 0.15) is 28.8 Å². The zero-order valence-electron chi connectivity index (χ0n) is 18.2. The van der Waals surface area contributed by atoms with Crippen LogP contribution in [0.4, 0.5) is 0 Å². The minimum atomic E-state index is -0.233. The minimum Gasteiger partial charge on any atom is -0.486 e. The van der Waals surface area contributed by atoms with Crippen LogP contribution in [0.2, 0.25) is 0 Å². The Kier molecular flexibility index (Phi) is 7.92. The standard InChI is InChI=1S/C25H27N3O4S/c29-23(15-31-18-9-3-1-4-10-18)26-20-13-7-8-14-21(20)28-25(30)22-17-33-24(27-22)16-32-19-11-5-2-6-12-19/h1-6,9-12,17,20-21H,7-8,13-16H2,(H,26,29)(H,28,30)/t20-,21-/m0/s1. The molecular weight excluding hydrogens is 438 g/mol. The van der Waals surface area contributed by atoms with Crippen molar-refractivity contribution >= 4 is 23.2 Å². The zero-order valence-corrected chi connectivity index (χ0v) is 19.1. The smallest absolute Gasteiger partial charge is 0.271 e. The second-order valence-corrected chi connectivity index (χ2v) is 8.81. The van der Waals surface area contributed by atoms with E-state index in [4.69, 9.17) is 9.47 Å². The SMILES string of the molecule is O=C(COc1ccccc1)N[C@H]1CCCC[C@@H]1NC(=O)c1csc(COc2ccccc2)n1. The number of benzene rings is 2. The average Bonchev–Trinajstić information content (AvgIpc) is 3.33. The second kappa shape index (κ2) is 11.5. The van der Waals surface area contributed by atoms with E-state index >= 15 is 0 Å². The van der Waals surface area contributed by atoms with Gasteiger partial charge in [-0.3, -0.25) is 9.59 Å². The van der Waals surface area contributed by atoms with Gasteiger partial charge in [0.2, 0.25) is 0 Å². The lowest BCUT2D eigenvalue weighted by Crippen LogP contribution is -2.54. The van der Waals surface area contributed by atoms with Gasteiger partial charge in [-0.2, -0.15) is 0 Å². The van der Waals surface area contributed by atoms with Gasteiger partial charge in [0.25, 0.3) is 11.8 Å². The molecule has 4 rings (SSSR count). The average molecular weight is 466 g/mol. The van der Waals surface area contributed by atoms with Gasteiger partial charge >= 0.3 is 0 Å². The van der Waals surface area contributed by atoms with E-state index in [0.717, 1.165) is 36.4 Å². The first kappa shape index (κ1) is 22.8. The van der Waals surface area contributed by atoms with Crippen LogP contribution in [-0.4, -0.2) is 35.5 Å². The molecule has 1 heterocycles. The van der Waals surface area contributed by atoms with Crippen LogP contribution in [0.5, 0.6) is 11.5 Å². The normalized spacial score (nSPS) is 17.7. The zero-order chi connectivity index (χ0) is 22.9. The summed E-state index contributed by atoms with van der Waals surface area (Å²) in [4.78, 5) is 29.6. The summed E-state index contributed by atoms with van der Waals surface area (Å²) in [6, 6.07) is 18.5. The van der Waals surface area contributed by atoms with Gasteiger partial charge in [0, 0.05) is 17.5 Å². The molecular formula is C25H27N3O4S. The van der Waals surface area contributed by atoms with Crippen molar-refractivity contribution in [3.8, 4) is 11.5 Å². The lowest BCUT2D eigenvalue weighted by atomic mass is 9.90. The topological polar surface area (TPSA) is 89.6 Å². The molecule has 1 fully saturated rings. The molecule has 0 bridgehead atoms. The van der Waals surface area contributed by atoms with Crippen molar-refractivity contribution in [1.29, 1.82) is 0 Å². The molecule has 1 saturated carbocycles. The van der Waals surface area contributed by atoms with E-state index in [1.165, 1.54) is 11.3 Å². The molecule has 2 N–H and O–H groups in total. The van der Waals surface area contributed by atoms with Crippen molar-refractivity contribution in [2.75, 3.05) is 6.61 Å². The highest BCUT2D eigenvalue weighted by Gasteiger charge is 2.28. The number of nitrogens with zero attached hydrogens (tertiary/aromatic N) is 1. The van der Waals surface area contributed by atoms with E-state index in [1.54, 1.807) is 5.38 Å². The number of thiazole rings is 1. The number of rotatable bonds is 9. The summed E-state index contributed by atoms with van der Waals surface area (Å²) < 4.78 is 11.2. The molecule has 0 radical (unpaired) electrons. The summed E-state index contributed by atoms with van der Waals surface area (Å²) in [5, 5.41) is 8.55. The quantitative estimate of drug-likeness (QED) is 0.499. The van der Waals surface area contributed by atoms with Crippen LogP contribution in [-0.2, 0) is 11.4 Å². The van der Waals surface area contributed by atoms with Gasteiger partial charge in [0.15, 0.2) is 6.61 Å². The molecule has 0 aliphatic heterocycles. The number of carbonyl (C=O) groups excluding carboxylic acids is 2. The maximum absolute atomic E-state index is 12.8. The largest absolute Gasteiger partial charge is 0.486 e. The van der Waals surface area contributed by atoms with Gasteiger partial charge in [-0.25, -0.2) is 4.98 Å². The number of hydrogen-bond donors (Lipinski definition) is 2. The van der Waals surface area contributed by atoms with Crippen LogP contribution in [0.1, 0.15) is 41.2 Å². The molecule has 1 aliphatic carbocycles. The van der Waals surface area contributed by atoms with Crippen LogP contribution in [0.15, 0.2) is 66.0 Å². The number of hydrogen-bond acceptors (Lipinski definition) is 6. The van der Waals surface area contributed by atoms with Gasteiger partial charge < -0.3 is 20.1 Å². The van der Waals surface area contributed by atoms with Crippen molar-refractivity contribution < 1.29 is 19.1 Å². The summed E-state index contributed by atoms with van der Waals surface area (Å²) in [5.41, 5.74) is 0.370. The highest BCUT2D eigenvalue weighted by atomic mass is 32.1. The lowest BCUT2D eigenvalue weighted by Gasteiger charge is -2.32. The van der Waals surface area contributed by atoms with E-state index in [-0.39, 0.29) is 30.5 Å². The summed E-state index contributed by atoms with van der Waals surface area (Å²) in [7, 11) is 0. The summed E-state index contributed by atoms with van der Waals surface area (Å²) in [5.74, 6) is 0.982. The van der Waals surface area contributed by atoms with Crippen molar-refractivity contribution in [3.05, 3.63) is 76.7 Å². The molecule has 0 unspecified atom stereocenters. The van der Waals surface area contributed by atoms with E-state index in [2.05, 4.69) is 15.6 Å². The third-order valence-corrected chi connectivity index (χ3v) is 6.25. The Bertz CT molecular complexity index is 1040. The van der Waals surface area contributed by atoms with E-state index < -0.39 is 0 Å². The molecule has 0 saturated heterocycles. The van der Waals surface area contributed by atoms with E-state index in [9.17, 15) is 9.59 Å². The number of aromatic nitrogens is 1. The molecule has 8 heteroatoms. The molecule has 33 heavy (non-hydrogen) atoms. The first-order chi connectivity index (χ1) is 16.2. The van der Waals surface area contributed by atoms with Crippen molar-refractivity contribution in [3.63, 3.8) is 0 Å². The highest BCUT2D eigenvalue weighted by molar-refractivity contribution is 7.09. The van der Waals surface area contributed by atoms with Crippen LogP contribution in [0.25, 0.3) is 0 Å². The number of carbonyl (C=O) groups is 2. The first-order valence-corrected chi connectivity index (χ1v) is 12.0. The number of amides is 2. The fraction of sp³-hybridized carbons (Fsp3) is 0.320. The van der Waals surface area contributed by atoms with Crippen molar-refractivity contribution in [2.45, 2.75) is 44.4 Å². The summed E-state index contributed by atoms with van der Waals surface area (Å²) in [6.07, 6.45) is 3.64. The number of para-hydroxylation sites is 2. The van der Waals surface area contributed by atoms with Crippen LogP contribution < -0.4 is 20.1 Å². The van der Waals surface area contributed by atoms with Crippen molar-refractivity contribution in [2.24, 2.45) is 0 Å². The minimum absolute atomic E-state index is 0.0575. The predicted octanol–water partition coefficient (Wildman–Crippen LogP) is 3.96. The predicted molar refractivity (Wildman–Crippen MR) is 126 cm³/mol. The van der Waals surface area contributed by atoms with Gasteiger partial charge in [-0.15, -0.1) is 11.3 Å². The monoisotopic (exact) mass is 465 g/mol. The maximum Gasteiger partial charge on any atom is 0.271 e. The molecule has 7 nitrogen and oxygen atoms in total. The van der Waals surface area contributed by atoms with E-state index in [0.29, 0.717) is 18.1 Å². The molecule has 0 spiro atoms. The Morgan fingerprint density at radius 3 is 2.15 bits per heavy atom. The van der Waals surface area contributed by atoms with Gasteiger partial charge in [0.05, 0.1) is 0 Å². The molecule has 2 amide bonds. The third-order valence-electron chi connectivity index (χ3n) is 5.43.